The lowest BCUT2D eigenvalue weighted by molar-refractivity contribution is 0.794. The summed E-state index contributed by atoms with van der Waals surface area (Å²) >= 11 is 0. The molecule has 4 heteroatoms. The van der Waals surface area contributed by atoms with Gasteiger partial charge in [-0.15, -0.1) is 17.0 Å². The van der Waals surface area contributed by atoms with Crippen molar-refractivity contribution in [3.8, 4) is 11.3 Å². The predicted molar refractivity (Wildman–Crippen MR) is 109 cm³/mol. The van der Waals surface area contributed by atoms with Gasteiger partial charge in [-0.05, 0) is 42.7 Å². The van der Waals surface area contributed by atoms with Gasteiger partial charge < -0.3 is 0 Å². The van der Waals surface area contributed by atoms with E-state index in [-0.39, 0.29) is 17.0 Å². The van der Waals surface area contributed by atoms with Crippen LogP contribution in [0.5, 0.6) is 0 Å². The summed E-state index contributed by atoms with van der Waals surface area (Å²) in [5, 5.41) is 2.21. The van der Waals surface area contributed by atoms with Crippen LogP contribution in [0.25, 0.3) is 33.1 Å². The number of aromatic nitrogens is 3. The standard InChI is InChI=1S/C21H19N3.BrH/c1-2-3-5-15-9-11-22-19(12-15)18-13-17-8-7-16-6-4-10-23-20(16)21(17)24-14-18;/h4,6-14H,2-3,5H2,1H3;1H. The molecular formula is C21H20BrN3. The summed E-state index contributed by atoms with van der Waals surface area (Å²) in [5.74, 6) is 0. The highest BCUT2D eigenvalue weighted by Crippen LogP contribution is 2.26. The maximum Gasteiger partial charge on any atom is 0.0965 e. The summed E-state index contributed by atoms with van der Waals surface area (Å²) in [4.78, 5) is 13.7. The van der Waals surface area contributed by atoms with Gasteiger partial charge in [0.05, 0.1) is 16.7 Å². The Kier molecular flexibility index (Phi) is 5.39. The maximum absolute atomic E-state index is 4.68. The minimum absolute atomic E-state index is 0. The number of benzene rings is 1. The van der Waals surface area contributed by atoms with Gasteiger partial charge >= 0.3 is 0 Å². The van der Waals surface area contributed by atoms with Crippen LogP contribution in [0.3, 0.4) is 0 Å². The third-order valence-electron chi connectivity index (χ3n) is 4.36. The first-order valence-electron chi connectivity index (χ1n) is 8.44. The van der Waals surface area contributed by atoms with E-state index in [2.05, 4.69) is 58.3 Å². The van der Waals surface area contributed by atoms with Crippen LogP contribution in [0, 0.1) is 0 Å². The van der Waals surface area contributed by atoms with E-state index in [0.717, 1.165) is 39.5 Å². The minimum Gasteiger partial charge on any atom is -0.256 e. The lowest BCUT2D eigenvalue weighted by atomic mass is 10.0. The smallest absolute Gasteiger partial charge is 0.0965 e. The van der Waals surface area contributed by atoms with Crippen molar-refractivity contribution in [2.75, 3.05) is 0 Å². The van der Waals surface area contributed by atoms with E-state index in [1.54, 1.807) is 0 Å². The van der Waals surface area contributed by atoms with Gasteiger partial charge in [0.1, 0.15) is 0 Å². The molecule has 3 heterocycles. The zero-order chi connectivity index (χ0) is 16.4. The van der Waals surface area contributed by atoms with E-state index < -0.39 is 0 Å². The molecule has 0 amide bonds. The van der Waals surface area contributed by atoms with Gasteiger partial charge in [-0.1, -0.05) is 31.5 Å². The van der Waals surface area contributed by atoms with Crippen LogP contribution in [0.2, 0.25) is 0 Å². The van der Waals surface area contributed by atoms with Crippen molar-refractivity contribution in [2.45, 2.75) is 26.2 Å². The SMILES string of the molecule is Br.CCCCc1ccnc(-c2cnc3c(ccc4cccnc43)c2)c1. The lowest BCUT2D eigenvalue weighted by Gasteiger charge is -2.07. The number of unbranched alkanes of at least 4 members (excludes halogenated alkanes) is 1. The van der Waals surface area contributed by atoms with Gasteiger partial charge in [-0.2, -0.15) is 0 Å². The summed E-state index contributed by atoms with van der Waals surface area (Å²) < 4.78 is 0. The number of nitrogens with zero attached hydrogens (tertiary/aromatic N) is 3. The number of halogens is 1. The quantitative estimate of drug-likeness (QED) is 0.413. The van der Waals surface area contributed by atoms with Crippen LogP contribution in [0.1, 0.15) is 25.3 Å². The molecule has 126 valence electrons. The Labute approximate surface area is 157 Å². The van der Waals surface area contributed by atoms with Crippen molar-refractivity contribution in [1.29, 1.82) is 0 Å². The third kappa shape index (κ3) is 3.54. The highest BCUT2D eigenvalue weighted by atomic mass is 79.9. The molecule has 0 aliphatic carbocycles. The molecule has 0 aliphatic heterocycles. The van der Waals surface area contributed by atoms with Crippen LogP contribution in [0.15, 0.2) is 61.1 Å². The zero-order valence-electron chi connectivity index (χ0n) is 14.1. The van der Waals surface area contributed by atoms with E-state index in [4.69, 9.17) is 0 Å². The average Bonchev–Trinajstić information content (AvgIpc) is 2.66. The molecule has 0 saturated heterocycles. The van der Waals surface area contributed by atoms with Crippen molar-refractivity contribution >= 4 is 38.8 Å². The number of hydrogen-bond acceptors (Lipinski definition) is 3. The second-order valence-corrected chi connectivity index (χ2v) is 6.09. The predicted octanol–water partition coefficient (Wildman–Crippen LogP) is 5.77. The first kappa shape index (κ1) is 17.5. The normalized spacial score (nSPS) is 10.8. The second kappa shape index (κ2) is 7.70. The molecule has 3 nitrogen and oxygen atoms in total. The molecule has 4 rings (SSSR count). The lowest BCUT2D eigenvalue weighted by Crippen LogP contribution is -1.91. The molecule has 0 atom stereocenters. The number of rotatable bonds is 4. The Morgan fingerprint density at radius 2 is 1.68 bits per heavy atom. The second-order valence-electron chi connectivity index (χ2n) is 6.09. The van der Waals surface area contributed by atoms with Crippen LogP contribution in [0.4, 0.5) is 0 Å². The van der Waals surface area contributed by atoms with E-state index in [9.17, 15) is 0 Å². The Balaban J connectivity index is 0.00000182. The van der Waals surface area contributed by atoms with E-state index in [0.29, 0.717) is 0 Å². The highest BCUT2D eigenvalue weighted by Gasteiger charge is 2.07. The van der Waals surface area contributed by atoms with Crippen LogP contribution >= 0.6 is 17.0 Å². The topological polar surface area (TPSA) is 38.7 Å². The van der Waals surface area contributed by atoms with Gasteiger partial charge in [0.15, 0.2) is 0 Å². The van der Waals surface area contributed by atoms with Crippen LogP contribution < -0.4 is 0 Å². The van der Waals surface area contributed by atoms with Crippen molar-refractivity contribution in [2.24, 2.45) is 0 Å². The molecule has 0 N–H and O–H groups in total. The fraction of sp³-hybridized carbons (Fsp3) is 0.190. The molecule has 0 spiro atoms. The molecule has 0 bridgehead atoms. The monoisotopic (exact) mass is 393 g/mol. The molecule has 4 aromatic rings. The fourth-order valence-electron chi connectivity index (χ4n) is 3.04. The summed E-state index contributed by atoms with van der Waals surface area (Å²) in [6, 6.07) is 14.7. The summed E-state index contributed by atoms with van der Waals surface area (Å²) in [6.45, 7) is 2.22. The number of pyridine rings is 3. The first-order valence-corrected chi connectivity index (χ1v) is 8.44. The first-order chi connectivity index (χ1) is 11.8. The molecule has 0 saturated carbocycles. The van der Waals surface area contributed by atoms with Gasteiger partial charge in [-0.25, -0.2) is 0 Å². The summed E-state index contributed by atoms with van der Waals surface area (Å²) in [6.07, 6.45) is 9.12. The zero-order valence-corrected chi connectivity index (χ0v) is 15.9. The molecule has 0 fully saturated rings. The van der Waals surface area contributed by atoms with Crippen molar-refractivity contribution in [3.63, 3.8) is 0 Å². The van der Waals surface area contributed by atoms with Gasteiger partial charge in [0.2, 0.25) is 0 Å². The van der Waals surface area contributed by atoms with Crippen molar-refractivity contribution in [1.82, 2.24) is 15.0 Å². The highest BCUT2D eigenvalue weighted by molar-refractivity contribution is 8.93. The average molecular weight is 394 g/mol. The molecule has 0 unspecified atom stereocenters. The van der Waals surface area contributed by atoms with E-state index in [1.807, 2.05) is 24.7 Å². The van der Waals surface area contributed by atoms with E-state index in [1.165, 1.54) is 18.4 Å². The van der Waals surface area contributed by atoms with Crippen molar-refractivity contribution in [3.05, 3.63) is 66.6 Å². The molecular weight excluding hydrogens is 374 g/mol. The Hall–Kier alpha value is -2.33. The third-order valence-corrected chi connectivity index (χ3v) is 4.36. The molecule has 0 aliphatic rings. The maximum atomic E-state index is 4.68. The number of hydrogen-bond donors (Lipinski definition) is 0. The molecule has 0 radical (unpaired) electrons. The van der Waals surface area contributed by atoms with Crippen LogP contribution in [-0.2, 0) is 6.42 Å². The molecule has 1 aromatic carbocycles. The van der Waals surface area contributed by atoms with E-state index >= 15 is 0 Å². The fourth-order valence-corrected chi connectivity index (χ4v) is 3.04. The Bertz CT molecular complexity index is 1010. The van der Waals surface area contributed by atoms with Crippen molar-refractivity contribution < 1.29 is 0 Å². The Morgan fingerprint density at radius 1 is 0.840 bits per heavy atom. The number of aryl methyl sites for hydroxylation is 1. The van der Waals surface area contributed by atoms with Gasteiger partial charge in [0.25, 0.3) is 0 Å². The van der Waals surface area contributed by atoms with Gasteiger partial charge in [-0.3, -0.25) is 15.0 Å². The summed E-state index contributed by atoms with van der Waals surface area (Å²) in [5.41, 5.74) is 5.27. The van der Waals surface area contributed by atoms with Crippen LogP contribution in [-0.4, -0.2) is 15.0 Å². The minimum atomic E-state index is 0. The Morgan fingerprint density at radius 3 is 2.56 bits per heavy atom. The molecule has 25 heavy (non-hydrogen) atoms. The van der Waals surface area contributed by atoms with Gasteiger partial charge in [0, 0.05) is 34.9 Å². The molecule has 3 aromatic heterocycles. The largest absolute Gasteiger partial charge is 0.256 e. The number of fused-ring (bicyclic) bond motifs is 3. The summed E-state index contributed by atoms with van der Waals surface area (Å²) in [7, 11) is 0.